The Hall–Kier alpha value is -2.77. The number of hydrogen-bond acceptors (Lipinski definition) is 4. The molecule has 3 rings (SSSR count). The van der Waals surface area contributed by atoms with E-state index in [1.54, 1.807) is 19.1 Å². The summed E-state index contributed by atoms with van der Waals surface area (Å²) in [6.07, 6.45) is 0. The van der Waals surface area contributed by atoms with Gasteiger partial charge in [0.15, 0.2) is 0 Å². The van der Waals surface area contributed by atoms with Crippen LogP contribution >= 0.6 is 0 Å². The normalized spacial score (nSPS) is 15.1. The van der Waals surface area contributed by atoms with E-state index in [-0.39, 0.29) is 24.0 Å². The van der Waals surface area contributed by atoms with Crippen LogP contribution in [0.3, 0.4) is 0 Å². The van der Waals surface area contributed by atoms with Gasteiger partial charge in [-0.25, -0.2) is 4.39 Å². The van der Waals surface area contributed by atoms with Crippen molar-refractivity contribution in [3.63, 3.8) is 0 Å². The molecule has 1 aliphatic rings. The first-order chi connectivity index (χ1) is 14.3. The molecular weight excluding hydrogens is 383 g/mol. The first-order valence-electron chi connectivity index (χ1n) is 10.2. The van der Waals surface area contributed by atoms with Crippen LogP contribution < -0.4 is 10.6 Å². The van der Waals surface area contributed by atoms with Gasteiger partial charge in [0.1, 0.15) is 5.82 Å². The van der Waals surface area contributed by atoms with Crippen LogP contribution in [0.5, 0.6) is 0 Å². The zero-order valence-electron chi connectivity index (χ0n) is 17.8. The van der Waals surface area contributed by atoms with Gasteiger partial charge in [-0.1, -0.05) is 24.3 Å². The average Bonchev–Trinajstić information content (AvgIpc) is 2.69. The van der Waals surface area contributed by atoms with Gasteiger partial charge >= 0.3 is 0 Å². The van der Waals surface area contributed by atoms with Crippen LogP contribution in [0.25, 0.3) is 0 Å². The summed E-state index contributed by atoms with van der Waals surface area (Å²) >= 11 is 0. The maximum atomic E-state index is 13.9. The molecule has 7 heteroatoms. The fourth-order valence-electron chi connectivity index (χ4n) is 3.61. The van der Waals surface area contributed by atoms with Gasteiger partial charge in [0, 0.05) is 31.9 Å². The van der Waals surface area contributed by atoms with Gasteiger partial charge < -0.3 is 10.6 Å². The van der Waals surface area contributed by atoms with Crippen LogP contribution in [0.1, 0.15) is 16.7 Å². The van der Waals surface area contributed by atoms with E-state index in [1.807, 2.05) is 36.9 Å². The third kappa shape index (κ3) is 5.87. The number of amides is 2. The number of rotatable bonds is 6. The molecule has 0 atom stereocenters. The number of piperazine rings is 1. The Bertz CT molecular complexity index is 903. The molecule has 0 saturated carbocycles. The van der Waals surface area contributed by atoms with Gasteiger partial charge in [-0.3, -0.25) is 19.4 Å². The minimum absolute atomic E-state index is 0.0339. The molecule has 1 heterocycles. The summed E-state index contributed by atoms with van der Waals surface area (Å²) in [5, 5.41) is 5.64. The summed E-state index contributed by atoms with van der Waals surface area (Å²) in [4.78, 5) is 28.8. The summed E-state index contributed by atoms with van der Waals surface area (Å²) in [6.45, 7) is 9.05. The molecule has 2 aromatic rings. The Morgan fingerprint density at radius 1 is 0.867 bits per heavy atom. The smallest absolute Gasteiger partial charge is 0.238 e. The van der Waals surface area contributed by atoms with E-state index in [9.17, 15) is 14.0 Å². The highest BCUT2D eigenvalue weighted by molar-refractivity contribution is 5.94. The van der Waals surface area contributed by atoms with Crippen LogP contribution in [0.2, 0.25) is 0 Å². The number of carbonyl (C=O) groups excluding carboxylic acids is 2. The number of carbonyl (C=O) groups is 2. The number of para-hydroxylation sites is 1. The number of hydrogen-bond donors (Lipinski definition) is 2. The Balaban J connectivity index is 1.43. The highest BCUT2D eigenvalue weighted by Crippen LogP contribution is 2.19. The highest BCUT2D eigenvalue weighted by atomic mass is 19.1. The van der Waals surface area contributed by atoms with Crippen molar-refractivity contribution in [3.05, 3.63) is 58.9 Å². The third-order valence-corrected chi connectivity index (χ3v) is 5.34. The van der Waals surface area contributed by atoms with E-state index >= 15 is 0 Å². The van der Waals surface area contributed by atoms with Crippen molar-refractivity contribution in [2.24, 2.45) is 0 Å². The van der Waals surface area contributed by atoms with E-state index in [1.165, 1.54) is 6.07 Å². The second-order valence-electron chi connectivity index (χ2n) is 7.90. The van der Waals surface area contributed by atoms with Crippen molar-refractivity contribution in [1.82, 2.24) is 9.80 Å². The lowest BCUT2D eigenvalue weighted by Crippen LogP contribution is -2.50. The number of nitrogens with zero attached hydrogens (tertiary/aromatic N) is 2. The van der Waals surface area contributed by atoms with Crippen LogP contribution in [-0.4, -0.2) is 60.9 Å². The Kier molecular flexibility index (Phi) is 7.18. The maximum absolute atomic E-state index is 13.9. The first-order valence-corrected chi connectivity index (χ1v) is 10.2. The summed E-state index contributed by atoms with van der Waals surface area (Å²) in [5.74, 6) is -0.699. The van der Waals surface area contributed by atoms with Crippen LogP contribution in [-0.2, 0) is 9.59 Å². The molecule has 0 bridgehead atoms. The van der Waals surface area contributed by atoms with E-state index in [0.29, 0.717) is 32.7 Å². The fraction of sp³-hybridized carbons (Fsp3) is 0.391. The number of halogens is 1. The SMILES string of the molecule is Cc1ccc(NC(=O)CN2CCN(CC(=O)Nc3c(C)cccc3C)CC2)c(F)c1. The molecule has 6 nitrogen and oxygen atoms in total. The maximum Gasteiger partial charge on any atom is 0.238 e. The molecule has 0 aliphatic carbocycles. The molecule has 0 radical (unpaired) electrons. The van der Waals surface area contributed by atoms with E-state index in [0.717, 1.165) is 22.4 Å². The van der Waals surface area contributed by atoms with Crippen molar-refractivity contribution in [2.75, 3.05) is 49.9 Å². The van der Waals surface area contributed by atoms with Gasteiger partial charge in [-0.05, 0) is 49.6 Å². The quantitative estimate of drug-likeness (QED) is 0.766. The predicted octanol–water partition coefficient (Wildman–Crippen LogP) is 2.95. The molecule has 160 valence electrons. The van der Waals surface area contributed by atoms with Gasteiger partial charge in [-0.15, -0.1) is 0 Å². The summed E-state index contributed by atoms with van der Waals surface area (Å²) in [6, 6.07) is 10.7. The number of anilines is 2. The van der Waals surface area contributed by atoms with Crippen molar-refractivity contribution in [1.29, 1.82) is 0 Å². The van der Waals surface area contributed by atoms with Crippen molar-refractivity contribution in [3.8, 4) is 0 Å². The summed E-state index contributed by atoms with van der Waals surface area (Å²) in [7, 11) is 0. The van der Waals surface area contributed by atoms with Crippen LogP contribution in [0, 0.1) is 26.6 Å². The Morgan fingerprint density at radius 2 is 1.40 bits per heavy atom. The molecule has 2 N–H and O–H groups in total. The van der Waals surface area contributed by atoms with Crippen molar-refractivity contribution in [2.45, 2.75) is 20.8 Å². The molecule has 0 unspecified atom stereocenters. The molecule has 1 saturated heterocycles. The molecule has 0 aromatic heterocycles. The number of benzene rings is 2. The fourth-order valence-corrected chi connectivity index (χ4v) is 3.61. The van der Waals surface area contributed by atoms with Gasteiger partial charge in [0.25, 0.3) is 0 Å². The Morgan fingerprint density at radius 3 is 1.93 bits per heavy atom. The van der Waals surface area contributed by atoms with Gasteiger partial charge in [0.2, 0.25) is 11.8 Å². The molecule has 1 aliphatic heterocycles. The number of nitrogens with one attached hydrogen (secondary N) is 2. The Labute approximate surface area is 177 Å². The van der Waals surface area contributed by atoms with Crippen LogP contribution in [0.15, 0.2) is 36.4 Å². The van der Waals surface area contributed by atoms with Crippen molar-refractivity contribution < 1.29 is 14.0 Å². The molecule has 2 amide bonds. The zero-order chi connectivity index (χ0) is 21.7. The van der Waals surface area contributed by atoms with Crippen molar-refractivity contribution >= 4 is 23.2 Å². The molecule has 2 aromatic carbocycles. The lowest BCUT2D eigenvalue weighted by molar-refractivity contribution is -0.120. The summed E-state index contributed by atoms with van der Waals surface area (Å²) in [5.41, 5.74) is 3.98. The molecule has 0 spiro atoms. The summed E-state index contributed by atoms with van der Waals surface area (Å²) < 4.78 is 13.9. The molecular formula is C23H29FN4O2. The van der Waals surface area contributed by atoms with Crippen LogP contribution in [0.4, 0.5) is 15.8 Å². The second kappa shape index (κ2) is 9.82. The minimum atomic E-state index is -0.428. The molecule has 30 heavy (non-hydrogen) atoms. The van der Waals surface area contributed by atoms with E-state index < -0.39 is 5.82 Å². The highest BCUT2D eigenvalue weighted by Gasteiger charge is 2.21. The largest absolute Gasteiger partial charge is 0.324 e. The minimum Gasteiger partial charge on any atom is -0.324 e. The topological polar surface area (TPSA) is 64.7 Å². The van der Waals surface area contributed by atoms with Gasteiger partial charge in [0.05, 0.1) is 18.8 Å². The first kappa shape index (κ1) is 21.9. The average molecular weight is 413 g/mol. The standard InChI is InChI=1S/C23H29FN4O2/c1-16-7-8-20(19(24)13-16)25-21(29)14-27-9-11-28(12-10-27)15-22(30)26-23-17(2)5-4-6-18(23)3/h4-8,13H,9-12,14-15H2,1-3H3,(H,25,29)(H,26,30). The van der Waals surface area contributed by atoms with E-state index in [4.69, 9.17) is 0 Å². The lowest BCUT2D eigenvalue weighted by atomic mass is 10.1. The predicted molar refractivity (Wildman–Crippen MR) is 117 cm³/mol. The monoisotopic (exact) mass is 412 g/mol. The molecule has 1 fully saturated rings. The van der Waals surface area contributed by atoms with E-state index in [2.05, 4.69) is 15.5 Å². The number of aryl methyl sites for hydroxylation is 3. The second-order valence-corrected chi connectivity index (χ2v) is 7.90. The zero-order valence-corrected chi connectivity index (χ0v) is 17.8. The van der Waals surface area contributed by atoms with Gasteiger partial charge in [-0.2, -0.15) is 0 Å². The lowest BCUT2D eigenvalue weighted by Gasteiger charge is -2.33. The third-order valence-electron chi connectivity index (χ3n) is 5.34.